The summed E-state index contributed by atoms with van der Waals surface area (Å²) in [6.45, 7) is 2.91. The predicted molar refractivity (Wildman–Crippen MR) is 103 cm³/mol. The van der Waals surface area contributed by atoms with Crippen LogP contribution in [0.1, 0.15) is 35.0 Å². The molecule has 1 atom stereocenters. The average Bonchev–Trinajstić information content (AvgIpc) is 3.20. The Hall–Kier alpha value is -3.12. The maximum absolute atomic E-state index is 11.1. The normalized spacial score (nSPS) is 11.9. The number of nitrogens with zero attached hydrogens (tertiary/aromatic N) is 1. The fourth-order valence-electron chi connectivity index (χ4n) is 2.60. The highest BCUT2D eigenvalue weighted by molar-refractivity contribution is 5.92. The van der Waals surface area contributed by atoms with Gasteiger partial charge in [-0.25, -0.2) is 4.98 Å². The van der Waals surface area contributed by atoms with Gasteiger partial charge in [-0.1, -0.05) is 12.1 Å². The Kier molecular flexibility index (Phi) is 6.22. The number of aromatic nitrogens is 1. The van der Waals surface area contributed by atoms with Crippen LogP contribution in [0.25, 0.3) is 0 Å². The fourth-order valence-corrected chi connectivity index (χ4v) is 2.60. The SMILES string of the molecule is CC(CCc1ccc(Oc2ccc(C(N)=O)cn2)cc1)NCc1ccco1. The van der Waals surface area contributed by atoms with Gasteiger partial charge in [-0.3, -0.25) is 4.79 Å². The fraction of sp³-hybridized carbons (Fsp3) is 0.238. The molecule has 0 aliphatic heterocycles. The predicted octanol–water partition coefficient (Wildman–Crippen LogP) is 3.68. The van der Waals surface area contributed by atoms with E-state index >= 15 is 0 Å². The number of aryl methyl sites for hydroxylation is 1. The van der Waals surface area contributed by atoms with Crippen molar-refractivity contribution in [1.29, 1.82) is 0 Å². The number of primary amides is 1. The van der Waals surface area contributed by atoms with Crippen molar-refractivity contribution in [3.05, 3.63) is 77.9 Å². The molecular formula is C21H23N3O3. The van der Waals surface area contributed by atoms with Gasteiger partial charge in [0.2, 0.25) is 11.8 Å². The Morgan fingerprint density at radius 3 is 2.67 bits per heavy atom. The van der Waals surface area contributed by atoms with Gasteiger partial charge in [0.15, 0.2) is 0 Å². The van der Waals surface area contributed by atoms with Crippen LogP contribution in [-0.2, 0) is 13.0 Å². The first kappa shape index (κ1) is 18.7. The van der Waals surface area contributed by atoms with Crippen molar-refractivity contribution in [2.75, 3.05) is 0 Å². The third kappa shape index (κ3) is 5.69. The number of rotatable bonds is 9. The van der Waals surface area contributed by atoms with Gasteiger partial charge in [0.05, 0.1) is 18.4 Å². The van der Waals surface area contributed by atoms with Crippen molar-refractivity contribution in [1.82, 2.24) is 10.3 Å². The Morgan fingerprint density at radius 2 is 2.04 bits per heavy atom. The van der Waals surface area contributed by atoms with Crippen molar-refractivity contribution >= 4 is 5.91 Å². The Bertz CT molecular complexity index is 843. The lowest BCUT2D eigenvalue weighted by Crippen LogP contribution is -2.25. The molecule has 0 radical (unpaired) electrons. The molecule has 3 N–H and O–H groups in total. The van der Waals surface area contributed by atoms with Crippen molar-refractivity contribution in [3.63, 3.8) is 0 Å². The zero-order valence-corrected chi connectivity index (χ0v) is 15.2. The van der Waals surface area contributed by atoms with Gasteiger partial charge in [0, 0.05) is 18.3 Å². The molecule has 1 unspecified atom stereocenters. The largest absolute Gasteiger partial charge is 0.468 e. The van der Waals surface area contributed by atoms with E-state index in [-0.39, 0.29) is 0 Å². The summed E-state index contributed by atoms with van der Waals surface area (Å²) >= 11 is 0. The van der Waals surface area contributed by atoms with Crippen LogP contribution < -0.4 is 15.8 Å². The van der Waals surface area contributed by atoms with E-state index in [1.165, 1.54) is 11.8 Å². The highest BCUT2D eigenvalue weighted by Gasteiger charge is 2.05. The highest BCUT2D eigenvalue weighted by Crippen LogP contribution is 2.20. The molecule has 27 heavy (non-hydrogen) atoms. The minimum atomic E-state index is -0.508. The third-order valence-corrected chi connectivity index (χ3v) is 4.24. The van der Waals surface area contributed by atoms with E-state index in [1.807, 2.05) is 36.4 Å². The first-order valence-corrected chi connectivity index (χ1v) is 8.88. The minimum absolute atomic E-state index is 0.354. The number of nitrogens with one attached hydrogen (secondary N) is 1. The molecule has 6 heteroatoms. The molecule has 0 saturated carbocycles. The number of carbonyl (C=O) groups excluding carboxylic acids is 1. The minimum Gasteiger partial charge on any atom is -0.468 e. The molecule has 6 nitrogen and oxygen atoms in total. The summed E-state index contributed by atoms with van der Waals surface area (Å²) in [5.74, 6) is 1.55. The zero-order valence-electron chi connectivity index (χ0n) is 15.2. The van der Waals surface area contributed by atoms with Gasteiger partial charge in [0.1, 0.15) is 11.5 Å². The van der Waals surface area contributed by atoms with Gasteiger partial charge in [-0.15, -0.1) is 0 Å². The summed E-state index contributed by atoms with van der Waals surface area (Å²) in [7, 11) is 0. The number of ether oxygens (including phenoxy) is 1. The van der Waals surface area contributed by atoms with E-state index in [1.54, 1.807) is 18.4 Å². The summed E-state index contributed by atoms with van der Waals surface area (Å²) in [5.41, 5.74) is 6.79. The molecule has 0 bridgehead atoms. The smallest absolute Gasteiger partial charge is 0.250 e. The number of furan rings is 1. The summed E-state index contributed by atoms with van der Waals surface area (Å²) in [6, 6.07) is 15.4. The van der Waals surface area contributed by atoms with E-state index in [4.69, 9.17) is 14.9 Å². The van der Waals surface area contributed by atoms with E-state index in [0.717, 1.165) is 25.1 Å². The topological polar surface area (TPSA) is 90.4 Å². The van der Waals surface area contributed by atoms with Gasteiger partial charge in [-0.05, 0) is 55.7 Å². The molecule has 0 fully saturated rings. The Morgan fingerprint density at radius 1 is 1.22 bits per heavy atom. The monoisotopic (exact) mass is 365 g/mol. The molecule has 3 rings (SSSR count). The molecule has 2 aromatic heterocycles. The quantitative estimate of drug-likeness (QED) is 0.604. The van der Waals surface area contributed by atoms with Crippen molar-refractivity contribution in [2.24, 2.45) is 5.73 Å². The summed E-state index contributed by atoms with van der Waals surface area (Å²) < 4.78 is 11.0. The molecule has 140 valence electrons. The molecule has 0 saturated heterocycles. The maximum atomic E-state index is 11.1. The molecule has 0 aliphatic carbocycles. The van der Waals surface area contributed by atoms with Crippen LogP contribution in [0.5, 0.6) is 11.6 Å². The molecule has 1 aromatic carbocycles. The van der Waals surface area contributed by atoms with E-state index in [2.05, 4.69) is 17.2 Å². The van der Waals surface area contributed by atoms with E-state index in [0.29, 0.717) is 23.2 Å². The van der Waals surface area contributed by atoms with Crippen molar-refractivity contribution in [3.8, 4) is 11.6 Å². The number of hydrogen-bond donors (Lipinski definition) is 2. The first-order valence-electron chi connectivity index (χ1n) is 8.88. The number of nitrogens with two attached hydrogens (primary N) is 1. The van der Waals surface area contributed by atoms with Crippen molar-refractivity contribution < 1.29 is 13.9 Å². The van der Waals surface area contributed by atoms with Crippen LogP contribution in [0, 0.1) is 0 Å². The average molecular weight is 365 g/mol. The summed E-state index contributed by atoms with van der Waals surface area (Å²) in [4.78, 5) is 15.1. The summed E-state index contributed by atoms with van der Waals surface area (Å²) in [5, 5.41) is 3.45. The highest BCUT2D eigenvalue weighted by atomic mass is 16.5. The van der Waals surface area contributed by atoms with E-state index < -0.39 is 5.91 Å². The number of carbonyl (C=O) groups is 1. The van der Waals surface area contributed by atoms with Crippen LogP contribution in [0.4, 0.5) is 0 Å². The molecule has 3 aromatic rings. The number of amides is 1. The molecule has 0 aliphatic rings. The number of pyridine rings is 1. The van der Waals surface area contributed by atoms with Crippen LogP contribution >= 0.6 is 0 Å². The van der Waals surface area contributed by atoms with Crippen LogP contribution in [0.15, 0.2) is 65.4 Å². The third-order valence-electron chi connectivity index (χ3n) is 4.24. The lowest BCUT2D eigenvalue weighted by Gasteiger charge is -2.13. The second kappa shape index (κ2) is 9.00. The Balaban J connectivity index is 1.46. The standard InChI is InChI=1S/C21H23N3O3/c1-15(23-14-19-3-2-12-26-19)4-5-16-6-9-18(10-7-16)27-20-11-8-17(13-24-20)21(22)25/h2-3,6-13,15,23H,4-5,14H2,1H3,(H2,22,25). The molecule has 1 amide bonds. The lowest BCUT2D eigenvalue weighted by molar-refractivity contribution is 0.1000. The zero-order chi connectivity index (χ0) is 19.1. The first-order chi connectivity index (χ1) is 13.1. The summed E-state index contributed by atoms with van der Waals surface area (Å²) in [6.07, 6.45) is 5.09. The van der Waals surface area contributed by atoms with Gasteiger partial charge in [0.25, 0.3) is 0 Å². The maximum Gasteiger partial charge on any atom is 0.250 e. The van der Waals surface area contributed by atoms with Gasteiger partial charge < -0.3 is 20.2 Å². The van der Waals surface area contributed by atoms with E-state index in [9.17, 15) is 4.79 Å². The number of hydrogen-bond acceptors (Lipinski definition) is 5. The lowest BCUT2D eigenvalue weighted by atomic mass is 10.1. The van der Waals surface area contributed by atoms with Crippen LogP contribution in [0.2, 0.25) is 0 Å². The Labute approximate surface area is 158 Å². The molecule has 2 heterocycles. The molecule has 0 spiro atoms. The van der Waals surface area contributed by atoms with Gasteiger partial charge in [-0.2, -0.15) is 0 Å². The van der Waals surface area contributed by atoms with Gasteiger partial charge >= 0.3 is 0 Å². The second-order valence-electron chi connectivity index (χ2n) is 6.40. The number of benzene rings is 1. The molecular weight excluding hydrogens is 342 g/mol. The van der Waals surface area contributed by atoms with Crippen molar-refractivity contribution in [2.45, 2.75) is 32.4 Å². The second-order valence-corrected chi connectivity index (χ2v) is 6.40. The van der Waals surface area contributed by atoms with Crippen LogP contribution in [0.3, 0.4) is 0 Å². The van der Waals surface area contributed by atoms with Crippen LogP contribution in [-0.4, -0.2) is 16.9 Å².